The molecule has 14 nitrogen and oxygen atoms in total. The number of aliphatic hydroxyl groups is 2. The van der Waals surface area contributed by atoms with Gasteiger partial charge < -0.3 is 29.9 Å². The quantitative estimate of drug-likeness (QED) is 0.0409. The fourth-order valence-electron chi connectivity index (χ4n) is 5.01. The molecule has 0 amide bonds. The summed E-state index contributed by atoms with van der Waals surface area (Å²) in [5.74, 6) is -0.406. The van der Waals surface area contributed by atoms with Crippen LogP contribution in [-0.2, 0) is 23.4 Å². The van der Waals surface area contributed by atoms with E-state index in [2.05, 4.69) is 20.0 Å². The molecule has 254 valence electrons. The van der Waals surface area contributed by atoms with E-state index in [1.165, 1.54) is 30.2 Å². The fraction of sp³-hybridized carbons (Fsp3) is 0.467. The summed E-state index contributed by atoms with van der Waals surface area (Å²) in [5, 5.41) is 27.5. The van der Waals surface area contributed by atoms with E-state index in [1.54, 1.807) is 18.2 Å². The van der Waals surface area contributed by atoms with Crippen molar-refractivity contribution in [1.29, 1.82) is 0 Å². The van der Waals surface area contributed by atoms with E-state index < -0.39 is 50.4 Å². The molecule has 5 N–H and O–H groups in total. The first kappa shape index (κ1) is 35.7. The zero-order valence-electron chi connectivity index (χ0n) is 26.7. The van der Waals surface area contributed by atoms with E-state index in [0.29, 0.717) is 25.4 Å². The number of esters is 1. The lowest BCUT2D eigenvalue weighted by Gasteiger charge is -2.28. The molecule has 1 aliphatic rings. The monoisotopic (exact) mass is 800 g/mol. The highest BCUT2D eigenvalue weighted by atomic mass is 127. The van der Waals surface area contributed by atoms with Gasteiger partial charge in [-0.25, -0.2) is 14.5 Å². The maximum atomic E-state index is 14.4. The molecule has 0 radical (unpaired) electrons. The summed E-state index contributed by atoms with van der Waals surface area (Å²) < 4.78 is 39.8. The molecular formula is C30H38IN6O8PS. The Hall–Kier alpha value is -2.57. The van der Waals surface area contributed by atoms with Crippen molar-refractivity contribution in [2.24, 2.45) is 5.41 Å². The largest absolute Gasteiger partial charge is 0.464 e. The van der Waals surface area contributed by atoms with Gasteiger partial charge in [-0.2, -0.15) is 10.1 Å². The van der Waals surface area contributed by atoms with Crippen LogP contribution in [0.15, 0.2) is 47.5 Å². The summed E-state index contributed by atoms with van der Waals surface area (Å²) in [6.45, 7) is 8.29. The summed E-state index contributed by atoms with van der Waals surface area (Å²) >= 11 is 3.31. The summed E-state index contributed by atoms with van der Waals surface area (Å²) in [6, 6.07) is 11.5. The van der Waals surface area contributed by atoms with Crippen molar-refractivity contribution in [3.8, 4) is 5.75 Å². The van der Waals surface area contributed by atoms with Gasteiger partial charge in [-0.15, -0.1) is 11.8 Å². The SMILES string of the molecule is CSc1nc(N)nc2c1nc(I)n2C1O[C@H](COP(=O)(N[C@@H](C)C(=O)OCC(C)(C)C)Oc2cccc3ccccc23)[C@@H](O)[C@@]1(C)O. The Labute approximate surface area is 289 Å². The van der Waals surface area contributed by atoms with Crippen molar-refractivity contribution < 1.29 is 38.1 Å². The average molecular weight is 801 g/mol. The zero-order valence-corrected chi connectivity index (χ0v) is 30.6. The Morgan fingerprint density at radius 2 is 1.94 bits per heavy atom. The van der Waals surface area contributed by atoms with Crippen molar-refractivity contribution in [1.82, 2.24) is 24.6 Å². The number of rotatable bonds is 11. The van der Waals surface area contributed by atoms with Gasteiger partial charge in [0.2, 0.25) is 5.95 Å². The molecule has 5 rings (SSSR count). The minimum atomic E-state index is -4.37. The third kappa shape index (κ3) is 7.69. The topological polar surface area (TPSA) is 193 Å². The van der Waals surface area contributed by atoms with Crippen LogP contribution in [-0.4, -0.2) is 79.0 Å². The number of ether oxygens (including phenoxy) is 2. The van der Waals surface area contributed by atoms with Crippen molar-refractivity contribution in [2.75, 3.05) is 25.2 Å². The molecule has 1 aliphatic heterocycles. The smallest absolute Gasteiger partial charge is 0.459 e. The number of aromatic nitrogens is 4. The number of aliphatic hydroxyl groups excluding tert-OH is 1. The molecule has 1 saturated heterocycles. The van der Waals surface area contributed by atoms with Gasteiger partial charge in [0, 0.05) is 28.0 Å². The minimum absolute atomic E-state index is 0.00483. The molecule has 3 heterocycles. The molecule has 1 fully saturated rings. The molecule has 2 aromatic carbocycles. The molecule has 17 heteroatoms. The first-order valence-electron chi connectivity index (χ1n) is 14.7. The van der Waals surface area contributed by atoms with Gasteiger partial charge in [0.05, 0.1) is 13.2 Å². The van der Waals surface area contributed by atoms with Gasteiger partial charge in [0.25, 0.3) is 0 Å². The number of hydrogen-bond acceptors (Lipinski definition) is 13. The van der Waals surface area contributed by atoms with Crippen LogP contribution < -0.4 is 15.3 Å². The third-order valence-corrected chi connectivity index (χ3v) is 10.5. The van der Waals surface area contributed by atoms with Crippen molar-refractivity contribution in [3.63, 3.8) is 0 Å². The maximum Gasteiger partial charge on any atom is 0.459 e. The van der Waals surface area contributed by atoms with Crippen molar-refractivity contribution in [3.05, 3.63) is 46.3 Å². The highest BCUT2D eigenvalue weighted by Gasteiger charge is 2.55. The number of carbonyl (C=O) groups excluding carboxylic acids is 1. The van der Waals surface area contributed by atoms with Crippen LogP contribution in [0.1, 0.15) is 40.8 Å². The number of imidazole rings is 1. The summed E-state index contributed by atoms with van der Waals surface area (Å²) in [6.07, 6.45) is -2.08. The Morgan fingerprint density at radius 3 is 2.64 bits per heavy atom. The molecule has 0 spiro atoms. The molecule has 6 atom stereocenters. The second-order valence-electron chi connectivity index (χ2n) is 12.6. The summed E-state index contributed by atoms with van der Waals surface area (Å²) in [4.78, 5) is 26.0. The van der Waals surface area contributed by atoms with Crippen LogP contribution in [0.3, 0.4) is 0 Å². The molecule has 0 bridgehead atoms. The first-order chi connectivity index (χ1) is 22.0. The van der Waals surface area contributed by atoms with E-state index in [9.17, 15) is 19.6 Å². The number of nitrogens with two attached hydrogens (primary N) is 1. The predicted molar refractivity (Wildman–Crippen MR) is 186 cm³/mol. The van der Waals surface area contributed by atoms with Crippen LogP contribution in [0.25, 0.3) is 21.9 Å². The molecule has 47 heavy (non-hydrogen) atoms. The highest BCUT2D eigenvalue weighted by molar-refractivity contribution is 14.1. The van der Waals surface area contributed by atoms with Gasteiger partial charge in [0.1, 0.15) is 40.1 Å². The number of benzene rings is 2. The lowest BCUT2D eigenvalue weighted by molar-refractivity contribution is -0.148. The zero-order chi connectivity index (χ0) is 34.3. The van der Waals surface area contributed by atoms with Crippen LogP contribution in [0.5, 0.6) is 5.75 Å². The average Bonchev–Trinajstić information content (AvgIpc) is 3.44. The Kier molecular flexibility index (Phi) is 10.4. The van der Waals surface area contributed by atoms with Gasteiger partial charge in [-0.05, 0) is 37.0 Å². The number of nitrogens with zero attached hydrogens (tertiary/aromatic N) is 4. The minimum Gasteiger partial charge on any atom is -0.464 e. The first-order valence-corrected chi connectivity index (χ1v) is 18.5. The van der Waals surface area contributed by atoms with E-state index in [-0.39, 0.29) is 23.7 Å². The van der Waals surface area contributed by atoms with Crippen molar-refractivity contribution in [2.45, 2.75) is 69.7 Å². The van der Waals surface area contributed by atoms with Crippen molar-refractivity contribution >= 4 is 76.0 Å². The summed E-state index contributed by atoms with van der Waals surface area (Å²) in [7, 11) is -4.37. The number of anilines is 1. The number of nitrogens with one attached hydrogen (secondary N) is 1. The molecule has 2 aromatic heterocycles. The lowest BCUT2D eigenvalue weighted by atomic mass is 9.96. The van der Waals surface area contributed by atoms with Gasteiger partial charge in [-0.1, -0.05) is 57.2 Å². The third-order valence-electron chi connectivity index (χ3n) is 7.39. The standard InChI is InChI=1S/C30H38IN6O8PS/c1-16(25(39)42-15-29(2,3)4)36-46(41,45-19-13-9-11-17-10-7-8-12-18(17)19)43-14-20-22(38)30(5,40)26(44-20)37-23-21(33-27(37)31)24(47-6)35-28(32)34-23/h7-13,16,20,22,26,38,40H,14-15H2,1-6H3,(H,36,41)(H2,32,34,35)/t16-,20+,22+,26?,30+,46?/m0/s1. The maximum absolute atomic E-state index is 14.4. The van der Waals surface area contributed by atoms with E-state index in [4.69, 9.17) is 24.3 Å². The number of halogens is 1. The van der Waals surface area contributed by atoms with E-state index >= 15 is 0 Å². The predicted octanol–water partition coefficient (Wildman–Crippen LogP) is 4.67. The highest BCUT2D eigenvalue weighted by Crippen LogP contribution is 2.49. The van der Waals surface area contributed by atoms with Gasteiger partial charge in [0.15, 0.2) is 15.7 Å². The van der Waals surface area contributed by atoms with Crippen LogP contribution in [0.4, 0.5) is 5.95 Å². The normalized spacial score (nSPS) is 23.6. The number of thioether (sulfide) groups is 1. The molecule has 4 aromatic rings. The van der Waals surface area contributed by atoms with Crippen LogP contribution in [0.2, 0.25) is 0 Å². The Balaban J connectivity index is 1.42. The van der Waals surface area contributed by atoms with Crippen LogP contribution >= 0.6 is 42.1 Å². The van der Waals surface area contributed by atoms with Gasteiger partial charge in [-0.3, -0.25) is 13.9 Å². The Bertz CT molecular complexity index is 1830. The molecule has 2 unspecified atom stereocenters. The van der Waals surface area contributed by atoms with E-state index in [0.717, 1.165) is 5.39 Å². The second-order valence-corrected chi connectivity index (χ2v) is 16.0. The van der Waals surface area contributed by atoms with E-state index in [1.807, 2.05) is 73.9 Å². The number of fused-ring (bicyclic) bond motifs is 2. The lowest BCUT2D eigenvalue weighted by Crippen LogP contribution is -2.45. The molecule has 0 aliphatic carbocycles. The Morgan fingerprint density at radius 1 is 1.23 bits per heavy atom. The second kappa shape index (κ2) is 13.7. The molecule has 0 saturated carbocycles. The van der Waals surface area contributed by atoms with Gasteiger partial charge >= 0.3 is 13.7 Å². The van der Waals surface area contributed by atoms with Crippen LogP contribution in [0, 0.1) is 9.25 Å². The molecular weight excluding hydrogens is 762 g/mol. The number of carbonyl (C=O) groups is 1. The summed E-state index contributed by atoms with van der Waals surface area (Å²) in [5.41, 5.74) is 4.55. The number of hydrogen-bond donors (Lipinski definition) is 4. The number of nitrogen functional groups attached to an aromatic ring is 1. The fourth-order valence-corrected chi connectivity index (χ4v) is 7.77.